The van der Waals surface area contributed by atoms with E-state index in [9.17, 15) is 14.4 Å². The molecule has 0 saturated carbocycles. The molecule has 1 aromatic heterocycles. The maximum Gasteiger partial charge on any atom is 0.240 e. The fourth-order valence-electron chi connectivity index (χ4n) is 4.73. The van der Waals surface area contributed by atoms with Crippen LogP contribution in [-0.4, -0.2) is 72.2 Å². The number of nitrogens with zero attached hydrogens (tertiary/aromatic N) is 3. The molecule has 2 saturated heterocycles. The molecule has 3 heterocycles. The lowest BCUT2D eigenvalue weighted by Crippen LogP contribution is -2.50. The maximum absolute atomic E-state index is 13.0. The number of ketones is 1. The Morgan fingerprint density at radius 2 is 2.06 bits per heavy atom. The van der Waals surface area contributed by atoms with Crippen LogP contribution in [0.15, 0.2) is 16.6 Å². The first-order chi connectivity index (χ1) is 16.4. The molecule has 0 aliphatic carbocycles. The van der Waals surface area contributed by atoms with Crippen LogP contribution in [0.25, 0.3) is 0 Å². The number of hydrogen-bond donors (Lipinski definition) is 4. The van der Waals surface area contributed by atoms with Crippen LogP contribution in [0.4, 0.5) is 0 Å². The van der Waals surface area contributed by atoms with Gasteiger partial charge in [-0.25, -0.2) is 4.98 Å². The number of rotatable bonds is 12. The average molecular weight is 492 g/mol. The van der Waals surface area contributed by atoms with E-state index < -0.39 is 6.04 Å². The van der Waals surface area contributed by atoms with Crippen molar-refractivity contribution in [2.75, 3.05) is 32.7 Å². The topological polar surface area (TPSA) is 156 Å². The summed E-state index contributed by atoms with van der Waals surface area (Å²) in [7, 11) is 0. The van der Waals surface area contributed by atoms with E-state index in [1.165, 1.54) is 24.2 Å². The second kappa shape index (κ2) is 13.4. The fraction of sp³-hybridized carbons (Fsp3) is 0.696. The van der Waals surface area contributed by atoms with Crippen LogP contribution in [0.5, 0.6) is 0 Å². The molecule has 3 rings (SSSR count). The normalized spacial score (nSPS) is 20.1. The van der Waals surface area contributed by atoms with E-state index in [4.69, 9.17) is 11.5 Å². The third-order valence-electron chi connectivity index (χ3n) is 6.60. The molecule has 1 unspecified atom stereocenters. The van der Waals surface area contributed by atoms with E-state index in [0.717, 1.165) is 38.8 Å². The van der Waals surface area contributed by atoms with Gasteiger partial charge in [-0.2, -0.15) is 0 Å². The van der Waals surface area contributed by atoms with Crippen molar-refractivity contribution >= 4 is 34.9 Å². The van der Waals surface area contributed by atoms with Gasteiger partial charge in [0.2, 0.25) is 17.6 Å². The number of nitrogens with two attached hydrogens (primary N) is 2. The van der Waals surface area contributed by atoms with Gasteiger partial charge in [0.15, 0.2) is 11.0 Å². The predicted molar refractivity (Wildman–Crippen MR) is 132 cm³/mol. The molecule has 2 amide bonds. The van der Waals surface area contributed by atoms with Gasteiger partial charge in [-0.1, -0.05) is 0 Å². The van der Waals surface area contributed by atoms with E-state index in [2.05, 4.69) is 20.6 Å². The number of thiazole rings is 1. The lowest BCUT2D eigenvalue weighted by atomic mass is 9.86. The van der Waals surface area contributed by atoms with Crippen LogP contribution in [-0.2, 0) is 9.59 Å². The number of carbonyl (C=O) groups is 3. The number of likely N-dealkylation sites (tertiary alicyclic amines) is 1. The quantitative estimate of drug-likeness (QED) is 0.146. The second-order valence-electron chi connectivity index (χ2n) is 9.14. The molecule has 0 radical (unpaired) electrons. The van der Waals surface area contributed by atoms with Crippen molar-refractivity contribution in [1.29, 1.82) is 0 Å². The smallest absolute Gasteiger partial charge is 0.240 e. The van der Waals surface area contributed by atoms with Crippen molar-refractivity contribution in [3.8, 4) is 0 Å². The first-order valence-electron chi connectivity index (χ1n) is 12.2. The largest absolute Gasteiger partial charge is 0.370 e. The Morgan fingerprint density at radius 3 is 2.76 bits per heavy atom. The Morgan fingerprint density at radius 1 is 1.26 bits per heavy atom. The predicted octanol–water partition coefficient (Wildman–Crippen LogP) is 0.883. The Kier molecular flexibility index (Phi) is 10.3. The van der Waals surface area contributed by atoms with Gasteiger partial charge in [-0.05, 0) is 70.4 Å². The molecule has 0 spiro atoms. The molecule has 6 N–H and O–H groups in total. The van der Waals surface area contributed by atoms with Gasteiger partial charge in [-0.3, -0.25) is 19.4 Å². The van der Waals surface area contributed by atoms with Gasteiger partial charge >= 0.3 is 0 Å². The zero-order valence-electron chi connectivity index (χ0n) is 19.7. The Balaban J connectivity index is 1.52. The van der Waals surface area contributed by atoms with Crippen LogP contribution in [0.1, 0.15) is 61.2 Å². The molecule has 2 aliphatic heterocycles. The van der Waals surface area contributed by atoms with E-state index in [0.29, 0.717) is 36.9 Å². The van der Waals surface area contributed by atoms with Crippen LogP contribution in [0.3, 0.4) is 0 Å². The Hall–Kier alpha value is -2.53. The summed E-state index contributed by atoms with van der Waals surface area (Å²) in [5.41, 5.74) is 10.7. The SMILES string of the molecule is NC(N)=NCCC[C@H](NC(=O)CN1CCCC(CCC2CCNCC2)C1=O)C(=O)c1nccs1. The minimum absolute atomic E-state index is 0.00912. The third-order valence-corrected chi connectivity index (χ3v) is 7.39. The van der Waals surface area contributed by atoms with Crippen LogP contribution < -0.4 is 22.1 Å². The summed E-state index contributed by atoms with van der Waals surface area (Å²) in [5, 5.41) is 8.28. The highest BCUT2D eigenvalue weighted by atomic mass is 32.1. The fourth-order valence-corrected chi connectivity index (χ4v) is 5.36. The summed E-state index contributed by atoms with van der Waals surface area (Å²) < 4.78 is 0. The number of nitrogens with one attached hydrogen (secondary N) is 2. The van der Waals surface area contributed by atoms with Gasteiger partial charge in [-0.15, -0.1) is 11.3 Å². The number of aromatic nitrogens is 1. The summed E-state index contributed by atoms with van der Waals surface area (Å²) >= 11 is 1.24. The number of carbonyl (C=O) groups excluding carboxylic acids is 3. The molecule has 34 heavy (non-hydrogen) atoms. The van der Waals surface area contributed by atoms with E-state index in [1.807, 2.05) is 0 Å². The highest BCUT2D eigenvalue weighted by Crippen LogP contribution is 2.27. The molecule has 10 nitrogen and oxygen atoms in total. The van der Waals surface area contributed by atoms with Crippen molar-refractivity contribution in [2.24, 2.45) is 28.3 Å². The molecule has 0 aromatic carbocycles. The first-order valence-corrected chi connectivity index (χ1v) is 13.1. The lowest BCUT2D eigenvalue weighted by Gasteiger charge is -2.33. The van der Waals surface area contributed by atoms with Gasteiger partial charge in [0.25, 0.3) is 0 Å². The number of Topliss-reactive ketones (excluding diaryl/α,β-unsaturated/α-hetero) is 1. The van der Waals surface area contributed by atoms with E-state index in [1.54, 1.807) is 16.5 Å². The maximum atomic E-state index is 13.0. The molecular formula is C23H37N7O3S. The molecule has 188 valence electrons. The van der Waals surface area contributed by atoms with Gasteiger partial charge in [0.05, 0.1) is 12.6 Å². The van der Waals surface area contributed by atoms with Crippen molar-refractivity contribution in [2.45, 2.75) is 57.4 Å². The minimum Gasteiger partial charge on any atom is -0.370 e. The third kappa shape index (κ3) is 8.05. The number of aliphatic imine (C=N–C) groups is 1. The Bertz CT molecular complexity index is 836. The van der Waals surface area contributed by atoms with Crippen molar-refractivity contribution in [3.63, 3.8) is 0 Å². The Labute approximate surface area is 204 Å². The molecule has 1 aromatic rings. The number of hydrogen-bond acceptors (Lipinski definition) is 7. The van der Waals surface area contributed by atoms with Crippen molar-refractivity contribution < 1.29 is 14.4 Å². The molecule has 2 atom stereocenters. The number of piperidine rings is 2. The van der Waals surface area contributed by atoms with Crippen LogP contribution in [0, 0.1) is 11.8 Å². The van der Waals surface area contributed by atoms with Crippen LogP contribution >= 0.6 is 11.3 Å². The monoisotopic (exact) mass is 491 g/mol. The highest BCUT2D eigenvalue weighted by molar-refractivity contribution is 7.11. The molecule has 11 heteroatoms. The molecule has 2 fully saturated rings. The standard InChI is InChI=1S/C23H37N7O3S/c24-23(25)28-9-1-4-18(20(32)21-27-12-14-34-21)29-19(31)15-30-13-2-3-17(22(30)33)6-5-16-7-10-26-11-8-16/h12,14,16-18,26H,1-11,13,15H2,(H,29,31)(H4,24,25,28)/t17?,18-/m0/s1. The number of guanidine groups is 1. The summed E-state index contributed by atoms with van der Waals surface area (Å²) in [6, 6.07) is -0.733. The van der Waals surface area contributed by atoms with Crippen molar-refractivity contribution in [1.82, 2.24) is 20.5 Å². The summed E-state index contributed by atoms with van der Waals surface area (Å²) in [6.07, 6.45) is 8.56. The van der Waals surface area contributed by atoms with Crippen molar-refractivity contribution in [3.05, 3.63) is 16.6 Å². The summed E-state index contributed by atoms with van der Waals surface area (Å²) in [4.78, 5) is 48.4. The van der Waals surface area contributed by atoms with E-state index >= 15 is 0 Å². The summed E-state index contributed by atoms with van der Waals surface area (Å²) in [6.45, 7) is 3.03. The van der Waals surface area contributed by atoms with Gasteiger partial charge < -0.3 is 27.0 Å². The average Bonchev–Trinajstić information content (AvgIpc) is 3.37. The lowest BCUT2D eigenvalue weighted by molar-refractivity contribution is -0.142. The minimum atomic E-state index is -0.733. The molecule has 2 aliphatic rings. The first kappa shape index (κ1) is 26.1. The van der Waals surface area contributed by atoms with E-state index in [-0.39, 0.29) is 36.0 Å². The number of amides is 2. The van der Waals surface area contributed by atoms with Gasteiger partial charge in [0.1, 0.15) is 0 Å². The second-order valence-corrected chi connectivity index (χ2v) is 10.0. The van der Waals surface area contributed by atoms with Gasteiger partial charge in [0, 0.05) is 30.6 Å². The summed E-state index contributed by atoms with van der Waals surface area (Å²) in [5.74, 6) is 0.158. The molecule has 0 bridgehead atoms. The molecular weight excluding hydrogens is 454 g/mol. The zero-order valence-corrected chi connectivity index (χ0v) is 20.5. The zero-order chi connectivity index (χ0) is 24.3. The van der Waals surface area contributed by atoms with Crippen LogP contribution in [0.2, 0.25) is 0 Å². The highest BCUT2D eigenvalue weighted by Gasteiger charge is 2.31.